The van der Waals surface area contributed by atoms with Crippen LogP contribution in [0, 0.1) is 5.82 Å². The summed E-state index contributed by atoms with van der Waals surface area (Å²) in [5.41, 5.74) is 1.21. The molecule has 35 heavy (non-hydrogen) atoms. The number of amides is 2. The van der Waals surface area contributed by atoms with Gasteiger partial charge in [0, 0.05) is 33.1 Å². The van der Waals surface area contributed by atoms with Crippen LogP contribution in [0.1, 0.15) is 52.9 Å². The van der Waals surface area contributed by atoms with E-state index >= 15 is 0 Å². The highest BCUT2D eigenvalue weighted by Gasteiger charge is 2.30. The van der Waals surface area contributed by atoms with Gasteiger partial charge in [-0.2, -0.15) is 0 Å². The van der Waals surface area contributed by atoms with Crippen LogP contribution >= 0.6 is 34.5 Å². The van der Waals surface area contributed by atoms with Gasteiger partial charge < -0.3 is 9.80 Å². The Bertz CT molecular complexity index is 1130. The molecule has 0 N–H and O–H groups in total. The lowest BCUT2D eigenvalue weighted by atomic mass is 9.93. The Morgan fingerprint density at radius 2 is 1.63 bits per heavy atom. The van der Waals surface area contributed by atoms with Gasteiger partial charge in [0.25, 0.3) is 5.91 Å². The Hall–Kier alpha value is -2.41. The van der Waals surface area contributed by atoms with Crippen molar-refractivity contribution in [1.29, 1.82) is 0 Å². The first-order chi connectivity index (χ1) is 16.9. The maximum atomic E-state index is 13.7. The number of hydrogen-bond donors (Lipinski definition) is 0. The lowest BCUT2D eigenvalue weighted by Gasteiger charge is -2.35. The quantitative estimate of drug-likeness (QED) is 0.307. The Morgan fingerprint density at radius 1 is 0.943 bits per heavy atom. The van der Waals surface area contributed by atoms with Crippen molar-refractivity contribution >= 4 is 46.4 Å². The molecule has 4 nitrogen and oxygen atoms in total. The van der Waals surface area contributed by atoms with Gasteiger partial charge in [0.1, 0.15) is 12.4 Å². The van der Waals surface area contributed by atoms with Crippen LogP contribution in [0.2, 0.25) is 10.0 Å². The molecule has 184 valence electrons. The van der Waals surface area contributed by atoms with Gasteiger partial charge in [0.05, 0.1) is 6.54 Å². The molecule has 1 saturated carbocycles. The van der Waals surface area contributed by atoms with Crippen LogP contribution in [0.3, 0.4) is 0 Å². The minimum Gasteiger partial charge on any atom is -0.332 e. The number of rotatable bonds is 8. The third kappa shape index (κ3) is 7.06. The zero-order valence-corrected chi connectivity index (χ0v) is 21.6. The van der Waals surface area contributed by atoms with Crippen LogP contribution in [0.4, 0.5) is 4.39 Å². The van der Waals surface area contributed by atoms with Crippen LogP contribution in [0.5, 0.6) is 0 Å². The number of carbonyl (C=O) groups excluding carboxylic acids is 2. The van der Waals surface area contributed by atoms with Gasteiger partial charge in [-0.3, -0.25) is 9.59 Å². The Kier molecular flexibility index (Phi) is 8.82. The monoisotopic (exact) mass is 532 g/mol. The summed E-state index contributed by atoms with van der Waals surface area (Å²) in [5, 5.41) is 2.73. The van der Waals surface area contributed by atoms with E-state index in [1.54, 1.807) is 51.5 Å². The molecule has 4 rings (SSSR count). The zero-order chi connectivity index (χ0) is 24.8. The fourth-order valence-electron chi connectivity index (χ4n) is 4.48. The normalized spacial score (nSPS) is 14.0. The molecule has 1 heterocycles. The molecular formula is C27H27Cl2FN2O2S. The first-order valence-corrected chi connectivity index (χ1v) is 13.3. The highest BCUT2D eigenvalue weighted by atomic mass is 35.5. The summed E-state index contributed by atoms with van der Waals surface area (Å²) in [7, 11) is 0. The number of carbonyl (C=O) groups is 2. The first-order valence-electron chi connectivity index (χ1n) is 11.7. The van der Waals surface area contributed by atoms with E-state index in [-0.39, 0.29) is 30.2 Å². The van der Waals surface area contributed by atoms with Crippen molar-refractivity contribution < 1.29 is 14.0 Å². The molecule has 1 aromatic heterocycles. The Labute approximate surface area is 219 Å². The molecule has 1 fully saturated rings. The fraction of sp³-hybridized carbons (Fsp3) is 0.333. The summed E-state index contributed by atoms with van der Waals surface area (Å²) in [6.07, 6.45) is 4.89. The van der Waals surface area contributed by atoms with Crippen LogP contribution in [-0.4, -0.2) is 34.2 Å². The molecule has 0 aliphatic heterocycles. The maximum Gasteiger partial charge on any atom is 0.254 e. The predicted octanol–water partition coefficient (Wildman–Crippen LogP) is 7.20. The van der Waals surface area contributed by atoms with Crippen molar-refractivity contribution in [3.8, 4) is 0 Å². The molecular weight excluding hydrogens is 506 g/mol. The number of benzene rings is 2. The minimum atomic E-state index is -0.320. The van der Waals surface area contributed by atoms with E-state index in [1.165, 1.54) is 12.1 Å². The summed E-state index contributed by atoms with van der Waals surface area (Å²) >= 11 is 13.9. The van der Waals surface area contributed by atoms with Crippen LogP contribution in [0.15, 0.2) is 60.0 Å². The number of hydrogen-bond acceptors (Lipinski definition) is 3. The van der Waals surface area contributed by atoms with Crippen LogP contribution < -0.4 is 0 Å². The van der Waals surface area contributed by atoms with Crippen molar-refractivity contribution in [2.24, 2.45) is 0 Å². The number of nitrogens with zero attached hydrogens (tertiary/aromatic N) is 2. The lowest BCUT2D eigenvalue weighted by molar-refractivity contribution is -0.133. The van der Waals surface area contributed by atoms with E-state index in [4.69, 9.17) is 23.2 Å². The molecule has 0 bridgehead atoms. The minimum absolute atomic E-state index is 0.0210. The summed E-state index contributed by atoms with van der Waals surface area (Å²) in [4.78, 5) is 31.8. The molecule has 8 heteroatoms. The second-order valence-corrected chi connectivity index (χ2v) is 10.7. The third-order valence-corrected chi connectivity index (χ3v) is 7.56. The average molecular weight is 533 g/mol. The molecule has 0 radical (unpaired) electrons. The van der Waals surface area contributed by atoms with E-state index < -0.39 is 0 Å². The molecule has 1 aliphatic carbocycles. The lowest BCUT2D eigenvalue weighted by Crippen LogP contribution is -2.48. The van der Waals surface area contributed by atoms with Crippen molar-refractivity contribution in [1.82, 2.24) is 9.80 Å². The van der Waals surface area contributed by atoms with Gasteiger partial charge >= 0.3 is 0 Å². The second-order valence-electron chi connectivity index (χ2n) is 8.84. The maximum absolute atomic E-state index is 13.7. The summed E-state index contributed by atoms with van der Waals surface area (Å²) < 4.78 is 13.4. The van der Waals surface area contributed by atoms with Gasteiger partial charge in [-0.25, -0.2) is 4.39 Å². The van der Waals surface area contributed by atoms with Crippen molar-refractivity contribution in [3.05, 3.63) is 91.8 Å². The third-order valence-electron chi connectivity index (χ3n) is 6.26. The average Bonchev–Trinajstić information content (AvgIpc) is 3.36. The van der Waals surface area contributed by atoms with E-state index in [9.17, 15) is 14.0 Å². The predicted molar refractivity (Wildman–Crippen MR) is 139 cm³/mol. The molecule has 3 aromatic rings. The molecule has 0 unspecified atom stereocenters. The highest BCUT2D eigenvalue weighted by molar-refractivity contribution is 7.09. The Balaban J connectivity index is 1.59. The summed E-state index contributed by atoms with van der Waals surface area (Å²) in [5.74, 6) is -0.721. The molecule has 2 aromatic carbocycles. The van der Waals surface area contributed by atoms with E-state index in [1.807, 2.05) is 17.5 Å². The molecule has 0 spiro atoms. The van der Waals surface area contributed by atoms with Gasteiger partial charge in [-0.15, -0.1) is 11.3 Å². The van der Waals surface area contributed by atoms with Crippen molar-refractivity contribution in [3.63, 3.8) is 0 Å². The van der Waals surface area contributed by atoms with Gasteiger partial charge in [-0.05, 0) is 60.2 Å². The van der Waals surface area contributed by atoms with Gasteiger partial charge in [0.15, 0.2) is 0 Å². The standard InChI is InChI=1S/C27H27Cl2FN2O2S/c28-21-13-20(14-22(29)15-21)27(34)32(24-5-2-1-3-6-24)18-26(33)31(17-25-7-4-12-35-25)16-19-8-10-23(30)11-9-19/h4,7-15,24H,1-3,5-6,16-18H2. The molecule has 0 atom stereocenters. The van der Waals surface area contributed by atoms with Gasteiger partial charge in [-0.1, -0.05) is 60.7 Å². The second kappa shape index (κ2) is 12.0. The SMILES string of the molecule is O=C(CN(C(=O)c1cc(Cl)cc(Cl)c1)C1CCCCC1)N(Cc1ccc(F)cc1)Cc1cccs1. The largest absolute Gasteiger partial charge is 0.332 e. The van der Waals surface area contributed by atoms with Crippen molar-refractivity contribution in [2.45, 2.75) is 51.2 Å². The zero-order valence-electron chi connectivity index (χ0n) is 19.3. The van der Waals surface area contributed by atoms with Gasteiger partial charge in [0.2, 0.25) is 5.91 Å². The topological polar surface area (TPSA) is 40.6 Å². The number of thiophene rings is 1. The highest BCUT2D eigenvalue weighted by Crippen LogP contribution is 2.27. The van der Waals surface area contributed by atoms with E-state index in [0.29, 0.717) is 28.7 Å². The van der Waals surface area contributed by atoms with Crippen LogP contribution in [0.25, 0.3) is 0 Å². The van der Waals surface area contributed by atoms with Crippen LogP contribution in [-0.2, 0) is 17.9 Å². The number of halogens is 3. The summed E-state index contributed by atoms with van der Waals surface area (Å²) in [6.45, 7) is 0.705. The molecule has 1 aliphatic rings. The molecule has 0 saturated heterocycles. The van der Waals surface area contributed by atoms with Crippen molar-refractivity contribution in [2.75, 3.05) is 6.54 Å². The fourth-order valence-corrected chi connectivity index (χ4v) is 5.73. The summed E-state index contributed by atoms with van der Waals surface area (Å²) in [6, 6.07) is 14.8. The smallest absolute Gasteiger partial charge is 0.254 e. The Morgan fingerprint density at radius 3 is 2.26 bits per heavy atom. The van der Waals surface area contributed by atoms with E-state index in [0.717, 1.165) is 42.5 Å². The molecule has 2 amide bonds. The van der Waals surface area contributed by atoms with E-state index in [2.05, 4.69) is 0 Å². The first kappa shape index (κ1) is 25.7.